The van der Waals surface area contributed by atoms with Gasteiger partial charge in [-0.2, -0.15) is 5.10 Å². The number of oxime groups is 1. The summed E-state index contributed by atoms with van der Waals surface area (Å²) in [6, 6.07) is 3.42. The Kier molecular flexibility index (Phi) is 2.23. The van der Waals surface area contributed by atoms with Crippen LogP contribution in [0.25, 0.3) is 5.82 Å². The summed E-state index contributed by atoms with van der Waals surface area (Å²) in [5.41, 5.74) is 5.31. The van der Waals surface area contributed by atoms with E-state index >= 15 is 0 Å². The first-order valence-electron chi connectivity index (χ1n) is 3.99. The van der Waals surface area contributed by atoms with E-state index in [-0.39, 0.29) is 11.7 Å². The van der Waals surface area contributed by atoms with Crippen molar-refractivity contribution in [3.63, 3.8) is 0 Å². The molecule has 0 radical (unpaired) electrons. The molecule has 2 rings (SSSR count). The lowest BCUT2D eigenvalue weighted by Gasteiger charge is -1.95. The zero-order valence-electron chi connectivity index (χ0n) is 7.52. The van der Waals surface area contributed by atoms with Crippen LogP contribution >= 0.6 is 0 Å². The summed E-state index contributed by atoms with van der Waals surface area (Å²) < 4.78 is 1.38. The van der Waals surface area contributed by atoms with Crippen molar-refractivity contribution in [1.82, 2.24) is 25.0 Å². The molecule has 0 amide bonds. The Morgan fingerprint density at radius 1 is 1.53 bits per heavy atom. The molecule has 0 unspecified atom stereocenters. The lowest BCUT2D eigenvalue weighted by molar-refractivity contribution is 0.318. The average molecular weight is 205 g/mol. The van der Waals surface area contributed by atoms with Crippen LogP contribution in [0.15, 0.2) is 29.8 Å². The van der Waals surface area contributed by atoms with Crippen LogP contribution in [0.4, 0.5) is 0 Å². The second-order valence-corrected chi connectivity index (χ2v) is 2.58. The van der Waals surface area contributed by atoms with E-state index in [9.17, 15) is 0 Å². The summed E-state index contributed by atoms with van der Waals surface area (Å²) in [5.74, 6) is 0.475. The van der Waals surface area contributed by atoms with E-state index in [4.69, 9.17) is 10.9 Å². The number of aromatic nitrogens is 5. The van der Waals surface area contributed by atoms with Gasteiger partial charge in [0.2, 0.25) is 11.7 Å². The van der Waals surface area contributed by atoms with Gasteiger partial charge < -0.3 is 10.9 Å². The summed E-state index contributed by atoms with van der Waals surface area (Å²) in [7, 11) is 0. The standard InChI is InChI=1S/C7H7N7O/c8-6(13-15)7-9-4-14(12-7)5-2-1-3-10-11-5/h1-4,15H,(H2,8,13). The van der Waals surface area contributed by atoms with Crippen molar-refractivity contribution in [2.24, 2.45) is 10.9 Å². The Balaban J connectivity index is 2.36. The third kappa shape index (κ3) is 1.73. The minimum Gasteiger partial charge on any atom is -0.409 e. The summed E-state index contributed by atoms with van der Waals surface area (Å²) in [6.45, 7) is 0. The molecule has 76 valence electrons. The van der Waals surface area contributed by atoms with Crippen LogP contribution in [-0.2, 0) is 0 Å². The van der Waals surface area contributed by atoms with Crippen molar-refractivity contribution in [2.75, 3.05) is 0 Å². The Morgan fingerprint density at radius 2 is 2.40 bits per heavy atom. The van der Waals surface area contributed by atoms with E-state index in [1.807, 2.05) is 0 Å². The Hall–Kier alpha value is -2.51. The predicted octanol–water partition coefficient (Wildman–Crippen LogP) is -0.848. The van der Waals surface area contributed by atoms with E-state index in [0.717, 1.165) is 0 Å². The molecule has 3 N–H and O–H groups in total. The molecule has 0 fully saturated rings. The number of nitrogens with zero attached hydrogens (tertiary/aromatic N) is 6. The van der Waals surface area contributed by atoms with Crippen LogP contribution in [0.5, 0.6) is 0 Å². The fourth-order valence-corrected chi connectivity index (χ4v) is 0.951. The highest BCUT2D eigenvalue weighted by atomic mass is 16.4. The Bertz CT molecular complexity index is 477. The van der Waals surface area contributed by atoms with Gasteiger partial charge in [0, 0.05) is 6.20 Å². The first kappa shape index (κ1) is 9.06. The van der Waals surface area contributed by atoms with Gasteiger partial charge in [0.1, 0.15) is 6.33 Å². The number of amidine groups is 1. The molecule has 0 aliphatic heterocycles. The first-order chi connectivity index (χ1) is 7.31. The fraction of sp³-hybridized carbons (Fsp3) is 0. The first-order valence-corrected chi connectivity index (χ1v) is 3.99. The fourth-order valence-electron chi connectivity index (χ4n) is 0.951. The molecule has 8 nitrogen and oxygen atoms in total. The minimum absolute atomic E-state index is 0.128. The molecular weight excluding hydrogens is 198 g/mol. The minimum atomic E-state index is -0.155. The Labute approximate surface area is 84.1 Å². The van der Waals surface area contributed by atoms with Gasteiger partial charge in [-0.15, -0.1) is 10.2 Å². The lowest BCUT2D eigenvalue weighted by Crippen LogP contribution is -2.15. The van der Waals surface area contributed by atoms with Gasteiger partial charge >= 0.3 is 0 Å². The summed E-state index contributed by atoms with van der Waals surface area (Å²) in [5, 5.41) is 22.6. The van der Waals surface area contributed by atoms with E-state index in [0.29, 0.717) is 5.82 Å². The lowest BCUT2D eigenvalue weighted by atomic mass is 10.5. The number of nitrogens with two attached hydrogens (primary N) is 1. The molecule has 0 bridgehead atoms. The summed E-state index contributed by atoms with van der Waals surface area (Å²) >= 11 is 0. The molecule has 0 spiro atoms. The van der Waals surface area contributed by atoms with Gasteiger partial charge in [-0.25, -0.2) is 9.67 Å². The van der Waals surface area contributed by atoms with Gasteiger partial charge in [-0.1, -0.05) is 5.16 Å². The van der Waals surface area contributed by atoms with E-state index in [1.54, 1.807) is 18.3 Å². The van der Waals surface area contributed by atoms with Crippen LogP contribution < -0.4 is 5.73 Å². The molecular formula is C7H7N7O. The largest absolute Gasteiger partial charge is 0.409 e. The maximum Gasteiger partial charge on any atom is 0.220 e. The molecule has 0 saturated carbocycles. The normalized spacial score (nSPS) is 11.6. The van der Waals surface area contributed by atoms with Crippen LogP contribution in [0.3, 0.4) is 0 Å². The zero-order valence-corrected chi connectivity index (χ0v) is 7.52. The van der Waals surface area contributed by atoms with Gasteiger partial charge in [0.15, 0.2) is 5.82 Å². The highest BCUT2D eigenvalue weighted by Gasteiger charge is 2.07. The molecule has 8 heteroatoms. The zero-order chi connectivity index (χ0) is 10.7. The van der Waals surface area contributed by atoms with Crippen LogP contribution in [0.1, 0.15) is 5.82 Å². The van der Waals surface area contributed by atoms with Crippen LogP contribution in [0.2, 0.25) is 0 Å². The van der Waals surface area contributed by atoms with Crippen molar-refractivity contribution in [1.29, 1.82) is 0 Å². The van der Waals surface area contributed by atoms with Crippen molar-refractivity contribution in [2.45, 2.75) is 0 Å². The molecule has 0 aliphatic rings. The quantitative estimate of drug-likeness (QED) is 0.285. The number of hydrogen-bond acceptors (Lipinski definition) is 6. The third-order valence-corrected chi connectivity index (χ3v) is 1.62. The topological polar surface area (TPSA) is 115 Å². The van der Waals surface area contributed by atoms with Crippen molar-refractivity contribution < 1.29 is 5.21 Å². The maximum atomic E-state index is 8.41. The van der Waals surface area contributed by atoms with Crippen LogP contribution in [-0.4, -0.2) is 36.0 Å². The summed E-state index contributed by atoms with van der Waals surface area (Å²) in [4.78, 5) is 3.83. The smallest absolute Gasteiger partial charge is 0.220 e. The molecule has 2 heterocycles. The number of hydrogen-bond donors (Lipinski definition) is 2. The van der Waals surface area contributed by atoms with Crippen molar-refractivity contribution in [3.05, 3.63) is 30.5 Å². The molecule has 0 aromatic carbocycles. The van der Waals surface area contributed by atoms with Gasteiger partial charge in [-0.05, 0) is 12.1 Å². The average Bonchev–Trinajstić information content (AvgIpc) is 2.78. The van der Waals surface area contributed by atoms with Gasteiger partial charge in [0.05, 0.1) is 0 Å². The SMILES string of the molecule is NC(=NO)c1ncn(-c2cccnn2)n1. The van der Waals surface area contributed by atoms with Gasteiger partial charge in [0.25, 0.3) is 0 Å². The maximum absolute atomic E-state index is 8.41. The molecule has 2 aromatic heterocycles. The van der Waals surface area contributed by atoms with E-state index < -0.39 is 0 Å². The van der Waals surface area contributed by atoms with Crippen molar-refractivity contribution >= 4 is 5.84 Å². The van der Waals surface area contributed by atoms with Gasteiger partial charge in [-0.3, -0.25) is 0 Å². The second kappa shape index (κ2) is 3.70. The molecule has 15 heavy (non-hydrogen) atoms. The monoisotopic (exact) mass is 205 g/mol. The summed E-state index contributed by atoms with van der Waals surface area (Å²) in [6.07, 6.45) is 2.95. The number of rotatable bonds is 2. The molecule has 0 atom stereocenters. The molecule has 0 saturated heterocycles. The molecule has 2 aromatic rings. The predicted molar refractivity (Wildman–Crippen MR) is 49.5 cm³/mol. The molecule has 0 aliphatic carbocycles. The van der Waals surface area contributed by atoms with E-state index in [2.05, 4.69) is 25.4 Å². The third-order valence-electron chi connectivity index (χ3n) is 1.62. The highest BCUT2D eigenvalue weighted by Crippen LogP contribution is 1.99. The highest BCUT2D eigenvalue weighted by molar-refractivity contribution is 5.93. The second-order valence-electron chi connectivity index (χ2n) is 2.58. The van der Waals surface area contributed by atoms with Crippen molar-refractivity contribution in [3.8, 4) is 5.82 Å². The van der Waals surface area contributed by atoms with Crippen LogP contribution in [0, 0.1) is 0 Å². The Morgan fingerprint density at radius 3 is 3.07 bits per heavy atom. The van der Waals surface area contributed by atoms with E-state index in [1.165, 1.54) is 11.0 Å².